The first-order chi connectivity index (χ1) is 5.25. The van der Waals surface area contributed by atoms with E-state index in [1.807, 2.05) is 0 Å². The van der Waals surface area contributed by atoms with Gasteiger partial charge in [-0.25, -0.2) is 4.98 Å². The first kappa shape index (κ1) is 7.72. The lowest BCUT2D eigenvalue weighted by atomic mass is 10.2. The maximum absolute atomic E-state index is 11.2. The summed E-state index contributed by atoms with van der Waals surface area (Å²) in [6.45, 7) is 3.49. The van der Waals surface area contributed by atoms with Crippen molar-refractivity contribution in [3.05, 3.63) is 30.9 Å². The highest BCUT2D eigenvalue weighted by molar-refractivity contribution is 5.95. The van der Waals surface area contributed by atoms with Crippen molar-refractivity contribution in [2.75, 3.05) is 0 Å². The lowest BCUT2D eigenvalue weighted by Crippen LogP contribution is -2.03. The maximum atomic E-state index is 11.2. The van der Waals surface area contributed by atoms with Gasteiger partial charge in [0.25, 0.3) is 0 Å². The third kappa shape index (κ3) is 1.55. The number of rotatable bonds is 3. The average molecular weight is 150 g/mol. The molecule has 0 aliphatic heterocycles. The number of carbonyl (C=O) groups excluding carboxylic acids is 1. The third-order valence-electron chi connectivity index (χ3n) is 1.43. The van der Waals surface area contributed by atoms with Gasteiger partial charge >= 0.3 is 0 Å². The Kier molecular flexibility index (Phi) is 2.21. The number of ketones is 1. The Morgan fingerprint density at radius 3 is 3.09 bits per heavy atom. The Balaban J connectivity index is 2.83. The zero-order chi connectivity index (χ0) is 8.27. The van der Waals surface area contributed by atoms with E-state index in [-0.39, 0.29) is 5.78 Å². The highest BCUT2D eigenvalue weighted by Crippen LogP contribution is 2.00. The van der Waals surface area contributed by atoms with Crippen LogP contribution >= 0.6 is 0 Å². The minimum absolute atomic E-state index is 0.0556. The van der Waals surface area contributed by atoms with E-state index in [1.54, 1.807) is 30.2 Å². The molecule has 1 aromatic rings. The van der Waals surface area contributed by atoms with Crippen LogP contribution in [0, 0.1) is 0 Å². The number of hydrogen-bond acceptors (Lipinski definition) is 2. The summed E-state index contributed by atoms with van der Waals surface area (Å²) in [5, 5.41) is 0. The van der Waals surface area contributed by atoms with Gasteiger partial charge in [0.05, 0.1) is 12.5 Å². The molecule has 1 rings (SSSR count). The number of Topliss-reactive ketones (excluding diaryl/α,β-unsaturated/α-hetero) is 1. The van der Waals surface area contributed by atoms with Crippen molar-refractivity contribution >= 4 is 5.78 Å². The van der Waals surface area contributed by atoms with Crippen molar-refractivity contribution in [2.24, 2.45) is 7.05 Å². The largest absolute Gasteiger partial charge is 0.331 e. The van der Waals surface area contributed by atoms with E-state index in [9.17, 15) is 4.79 Å². The first-order valence-corrected chi connectivity index (χ1v) is 3.36. The minimum Gasteiger partial charge on any atom is -0.331 e. The lowest BCUT2D eigenvalue weighted by Gasteiger charge is -1.96. The van der Waals surface area contributed by atoms with Crippen LogP contribution in [-0.4, -0.2) is 15.3 Å². The number of allylic oxidation sites excluding steroid dienone is 1. The summed E-state index contributed by atoms with van der Waals surface area (Å²) >= 11 is 0. The quantitative estimate of drug-likeness (QED) is 0.479. The summed E-state index contributed by atoms with van der Waals surface area (Å²) in [7, 11) is 1.79. The molecule has 11 heavy (non-hydrogen) atoms. The van der Waals surface area contributed by atoms with Gasteiger partial charge in [0.2, 0.25) is 0 Å². The fraction of sp³-hybridized carbons (Fsp3) is 0.250. The first-order valence-electron chi connectivity index (χ1n) is 3.36. The molecule has 0 atom stereocenters. The molecule has 0 radical (unpaired) electrons. The van der Waals surface area contributed by atoms with Crippen LogP contribution in [0.15, 0.2) is 25.2 Å². The van der Waals surface area contributed by atoms with Crippen molar-refractivity contribution in [1.82, 2.24) is 9.55 Å². The van der Waals surface area contributed by atoms with Gasteiger partial charge in [0.1, 0.15) is 5.69 Å². The number of carbonyl (C=O) groups is 1. The second-order valence-electron chi connectivity index (χ2n) is 2.31. The molecule has 0 saturated carbocycles. The molecule has 0 N–H and O–H groups in total. The van der Waals surface area contributed by atoms with Crippen LogP contribution in [0.1, 0.15) is 16.9 Å². The zero-order valence-electron chi connectivity index (χ0n) is 6.45. The van der Waals surface area contributed by atoms with Crippen LogP contribution in [0.4, 0.5) is 0 Å². The molecule has 0 amide bonds. The van der Waals surface area contributed by atoms with Crippen molar-refractivity contribution in [1.29, 1.82) is 0 Å². The van der Waals surface area contributed by atoms with E-state index in [0.29, 0.717) is 12.1 Å². The van der Waals surface area contributed by atoms with Crippen molar-refractivity contribution in [3.63, 3.8) is 0 Å². The summed E-state index contributed by atoms with van der Waals surface area (Å²) in [5.41, 5.74) is 0.630. The predicted molar refractivity (Wildman–Crippen MR) is 42.4 cm³/mol. The maximum Gasteiger partial charge on any atom is 0.184 e. The molecular weight excluding hydrogens is 140 g/mol. The van der Waals surface area contributed by atoms with Crippen LogP contribution in [0.2, 0.25) is 0 Å². The van der Waals surface area contributed by atoms with Gasteiger partial charge in [-0.05, 0) is 0 Å². The Bertz CT molecular complexity index is 275. The second kappa shape index (κ2) is 3.14. The molecule has 0 fully saturated rings. The minimum atomic E-state index is 0.0556. The van der Waals surface area contributed by atoms with Gasteiger partial charge in [-0.1, -0.05) is 6.08 Å². The van der Waals surface area contributed by atoms with Gasteiger partial charge < -0.3 is 4.57 Å². The molecule has 3 heteroatoms. The van der Waals surface area contributed by atoms with Crippen LogP contribution in [0.25, 0.3) is 0 Å². The van der Waals surface area contributed by atoms with E-state index >= 15 is 0 Å². The molecular formula is C8H10N2O. The smallest absolute Gasteiger partial charge is 0.184 e. The van der Waals surface area contributed by atoms with Gasteiger partial charge in [0.15, 0.2) is 5.78 Å². The van der Waals surface area contributed by atoms with Crippen LogP contribution in [-0.2, 0) is 7.05 Å². The number of aromatic nitrogens is 2. The van der Waals surface area contributed by atoms with E-state index in [1.165, 1.54) is 0 Å². The molecule has 0 aliphatic rings. The molecule has 0 aliphatic carbocycles. The fourth-order valence-electron chi connectivity index (χ4n) is 0.862. The fourth-order valence-corrected chi connectivity index (χ4v) is 0.862. The zero-order valence-corrected chi connectivity index (χ0v) is 6.45. The Morgan fingerprint density at radius 1 is 1.91 bits per heavy atom. The molecule has 0 saturated heterocycles. The molecule has 1 aromatic heterocycles. The topological polar surface area (TPSA) is 34.9 Å². The normalized spacial score (nSPS) is 9.55. The van der Waals surface area contributed by atoms with Gasteiger partial charge in [-0.2, -0.15) is 0 Å². The third-order valence-corrected chi connectivity index (χ3v) is 1.43. The molecule has 3 nitrogen and oxygen atoms in total. The van der Waals surface area contributed by atoms with Crippen molar-refractivity contribution in [3.8, 4) is 0 Å². The van der Waals surface area contributed by atoms with Gasteiger partial charge in [0, 0.05) is 13.5 Å². The summed E-state index contributed by atoms with van der Waals surface area (Å²) in [4.78, 5) is 15.0. The van der Waals surface area contributed by atoms with Crippen LogP contribution in [0.3, 0.4) is 0 Å². The average Bonchev–Trinajstić information content (AvgIpc) is 2.36. The van der Waals surface area contributed by atoms with Crippen LogP contribution in [0.5, 0.6) is 0 Å². The Morgan fingerprint density at radius 2 is 2.64 bits per heavy atom. The number of nitrogens with zero attached hydrogens (tertiary/aromatic N) is 2. The highest BCUT2D eigenvalue weighted by Gasteiger charge is 2.06. The number of imidazole rings is 1. The molecule has 58 valence electrons. The number of aryl methyl sites for hydroxylation is 1. The van der Waals surface area contributed by atoms with Gasteiger partial charge in [-0.3, -0.25) is 4.79 Å². The van der Waals surface area contributed by atoms with Crippen molar-refractivity contribution < 1.29 is 4.79 Å². The summed E-state index contributed by atoms with van der Waals surface area (Å²) in [6, 6.07) is 0. The van der Waals surface area contributed by atoms with E-state index in [2.05, 4.69) is 11.6 Å². The molecule has 0 bridgehead atoms. The van der Waals surface area contributed by atoms with Crippen molar-refractivity contribution in [2.45, 2.75) is 6.42 Å². The summed E-state index contributed by atoms with van der Waals surface area (Å²) in [6.07, 6.45) is 5.14. The predicted octanol–water partition coefficient (Wildman–Crippen LogP) is 1.18. The molecule has 0 unspecified atom stereocenters. The standard InChI is InChI=1S/C8H10N2O/c1-3-4-8(11)7-5-9-6-10(7)2/h3,5-6H,1,4H2,2H3. The lowest BCUT2D eigenvalue weighted by molar-refractivity contribution is 0.0988. The van der Waals surface area contributed by atoms with E-state index in [0.717, 1.165) is 0 Å². The molecule has 0 aromatic carbocycles. The molecule has 0 spiro atoms. The van der Waals surface area contributed by atoms with E-state index in [4.69, 9.17) is 0 Å². The Hall–Kier alpha value is -1.38. The van der Waals surface area contributed by atoms with E-state index < -0.39 is 0 Å². The van der Waals surface area contributed by atoms with Crippen LogP contribution < -0.4 is 0 Å². The monoisotopic (exact) mass is 150 g/mol. The second-order valence-corrected chi connectivity index (χ2v) is 2.31. The van der Waals surface area contributed by atoms with Gasteiger partial charge in [-0.15, -0.1) is 6.58 Å². The Labute approximate surface area is 65.4 Å². The SMILES string of the molecule is C=CCC(=O)c1cncn1C. The molecule has 1 heterocycles. The number of hydrogen-bond donors (Lipinski definition) is 0. The summed E-state index contributed by atoms with van der Waals surface area (Å²) < 4.78 is 1.70. The summed E-state index contributed by atoms with van der Waals surface area (Å²) in [5.74, 6) is 0.0556. The highest BCUT2D eigenvalue weighted by atomic mass is 16.1.